The largest absolute Gasteiger partial charge is 0.472 e. The lowest BCUT2D eigenvalue weighted by atomic mass is 9.98. The molecule has 14 heteroatoms. The van der Waals surface area contributed by atoms with Crippen LogP contribution in [0.2, 0.25) is 0 Å². The minimum Gasteiger partial charge on any atom is -0.463 e. The summed E-state index contributed by atoms with van der Waals surface area (Å²) in [4.78, 5) is 63.7. The summed E-state index contributed by atoms with van der Waals surface area (Å²) in [6, 6.07) is 0. The Balaban J connectivity index is 3.34. The first kappa shape index (κ1) is 24.0. The quantitative estimate of drug-likeness (QED) is 0.292. The van der Waals surface area contributed by atoms with Crippen LogP contribution in [0.25, 0.3) is 0 Å². The van der Waals surface area contributed by atoms with Crippen LogP contribution in [0.15, 0.2) is 0 Å². The van der Waals surface area contributed by atoms with E-state index in [0.717, 1.165) is 27.7 Å². The summed E-state index contributed by atoms with van der Waals surface area (Å²) in [5.41, 5.74) is 0. The van der Waals surface area contributed by atoms with Crippen molar-refractivity contribution in [1.82, 2.24) is 0 Å². The number of hydrogen-bond acceptors (Lipinski definition) is 11. The molecule has 1 aliphatic heterocycles. The molecule has 13 nitrogen and oxygen atoms in total. The van der Waals surface area contributed by atoms with Gasteiger partial charge in [-0.3, -0.25) is 23.7 Å². The van der Waals surface area contributed by atoms with Crippen molar-refractivity contribution in [3.05, 3.63) is 0 Å². The van der Waals surface area contributed by atoms with E-state index in [4.69, 9.17) is 33.5 Å². The molecule has 5 atom stereocenters. The molecule has 160 valence electrons. The molecule has 0 aromatic rings. The summed E-state index contributed by atoms with van der Waals surface area (Å²) < 4.78 is 40.9. The van der Waals surface area contributed by atoms with Crippen LogP contribution >= 0.6 is 7.82 Å². The van der Waals surface area contributed by atoms with Crippen molar-refractivity contribution in [3.63, 3.8) is 0 Å². The van der Waals surface area contributed by atoms with Gasteiger partial charge in [0.05, 0.1) is 0 Å². The molecule has 0 aromatic carbocycles. The van der Waals surface area contributed by atoms with Gasteiger partial charge in [-0.25, -0.2) is 4.57 Å². The van der Waals surface area contributed by atoms with Crippen LogP contribution < -0.4 is 0 Å². The van der Waals surface area contributed by atoms with Crippen LogP contribution in [0, 0.1) is 0 Å². The van der Waals surface area contributed by atoms with Gasteiger partial charge < -0.3 is 33.5 Å². The van der Waals surface area contributed by atoms with Crippen molar-refractivity contribution in [3.8, 4) is 0 Å². The Kier molecular flexibility index (Phi) is 8.51. The summed E-state index contributed by atoms with van der Waals surface area (Å²) in [6.45, 7) is 3.56. The number of ether oxygens (including phenoxy) is 5. The van der Waals surface area contributed by atoms with Gasteiger partial charge in [-0.05, 0) is 0 Å². The van der Waals surface area contributed by atoms with Gasteiger partial charge in [0.2, 0.25) is 6.29 Å². The molecule has 1 fully saturated rings. The van der Waals surface area contributed by atoms with Gasteiger partial charge in [0, 0.05) is 27.7 Å². The average molecular weight is 428 g/mol. The molecule has 0 spiro atoms. The van der Waals surface area contributed by atoms with Gasteiger partial charge in [0.25, 0.3) is 0 Å². The zero-order valence-electron chi connectivity index (χ0n) is 15.4. The van der Waals surface area contributed by atoms with Gasteiger partial charge in [-0.15, -0.1) is 0 Å². The number of rotatable bonds is 7. The second-order valence-corrected chi connectivity index (χ2v) is 6.86. The van der Waals surface area contributed by atoms with Crippen LogP contribution in [-0.4, -0.2) is 71.0 Å². The summed E-state index contributed by atoms with van der Waals surface area (Å²) in [5, 5.41) is 0. The van der Waals surface area contributed by atoms with Crippen LogP contribution in [0.1, 0.15) is 27.7 Å². The monoisotopic (exact) mass is 428 g/mol. The highest BCUT2D eigenvalue weighted by atomic mass is 31.2. The number of carbonyl (C=O) groups excluding carboxylic acids is 4. The predicted molar refractivity (Wildman–Crippen MR) is 85.1 cm³/mol. The van der Waals surface area contributed by atoms with Crippen molar-refractivity contribution < 1.29 is 61.7 Å². The molecule has 0 bridgehead atoms. The Morgan fingerprint density at radius 3 is 1.71 bits per heavy atom. The fourth-order valence-corrected chi connectivity index (χ4v) is 2.85. The molecule has 0 radical (unpaired) electrons. The second kappa shape index (κ2) is 9.94. The van der Waals surface area contributed by atoms with Gasteiger partial charge in [0.15, 0.2) is 18.3 Å². The first-order valence-corrected chi connectivity index (χ1v) is 9.37. The molecule has 1 aliphatic rings. The third-order valence-electron chi connectivity index (χ3n) is 3.19. The van der Waals surface area contributed by atoms with E-state index in [-0.39, 0.29) is 0 Å². The maximum atomic E-state index is 11.5. The molecule has 0 amide bonds. The molecular weight excluding hydrogens is 407 g/mol. The van der Waals surface area contributed by atoms with E-state index in [1.807, 2.05) is 0 Å². The highest BCUT2D eigenvalue weighted by molar-refractivity contribution is 7.46. The molecule has 0 saturated carbocycles. The van der Waals surface area contributed by atoms with Gasteiger partial charge >= 0.3 is 31.7 Å². The van der Waals surface area contributed by atoms with Crippen molar-refractivity contribution in [2.75, 3.05) is 6.61 Å². The lowest BCUT2D eigenvalue weighted by molar-refractivity contribution is -0.291. The molecule has 0 aromatic heterocycles. The van der Waals surface area contributed by atoms with Crippen LogP contribution in [0.3, 0.4) is 0 Å². The normalized spacial score (nSPS) is 27.4. The Bertz CT molecular complexity index is 656. The zero-order chi connectivity index (χ0) is 21.6. The number of esters is 4. The number of carbonyl (C=O) groups is 4. The lowest BCUT2D eigenvalue weighted by Gasteiger charge is -2.43. The lowest BCUT2D eigenvalue weighted by Crippen LogP contribution is -2.62. The highest BCUT2D eigenvalue weighted by Crippen LogP contribution is 2.42. The summed E-state index contributed by atoms with van der Waals surface area (Å²) in [5.74, 6) is -3.38. The van der Waals surface area contributed by atoms with E-state index in [1.165, 1.54) is 0 Å². The molecule has 1 saturated heterocycles. The number of hydrogen-bond donors (Lipinski definition) is 2. The maximum Gasteiger partial charge on any atom is 0.472 e. The molecular formula is C14H21O13P. The van der Waals surface area contributed by atoms with Crippen molar-refractivity contribution in [2.24, 2.45) is 0 Å². The van der Waals surface area contributed by atoms with E-state index in [9.17, 15) is 23.7 Å². The zero-order valence-corrected chi connectivity index (χ0v) is 16.3. The van der Waals surface area contributed by atoms with Crippen molar-refractivity contribution >= 4 is 31.7 Å². The Morgan fingerprint density at radius 2 is 1.29 bits per heavy atom. The fraction of sp³-hybridized carbons (Fsp3) is 0.714. The SMILES string of the molecule is CC(=O)OC[C@H]1OC(OP(=O)(O)O)[C@H](OC(C)=O)[C@@H](OC(C)=O)[C@@H]1OC(C)=O. The summed E-state index contributed by atoms with van der Waals surface area (Å²) >= 11 is 0. The standard InChI is InChI=1S/C14H21O13P/c1-6(15)22-5-10-11(23-7(2)16)12(24-8(3)17)13(25-9(4)18)14(26-10)27-28(19,20)21/h10-14H,5H2,1-4H3,(H2,19,20,21)/t10-,11-,12+,13-,14?/m1/s1. The molecule has 1 rings (SSSR count). The predicted octanol–water partition coefficient (Wildman–Crippen LogP) is -0.821. The van der Waals surface area contributed by atoms with E-state index in [2.05, 4.69) is 4.52 Å². The topological polar surface area (TPSA) is 181 Å². The number of phosphoric acid groups is 1. The minimum absolute atomic E-state index is 0.543. The van der Waals surface area contributed by atoms with E-state index < -0.39 is 69.0 Å². The highest BCUT2D eigenvalue weighted by Gasteiger charge is 2.54. The van der Waals surface area contributed by atoms with Gasteiger partial charge in [-0.1, -0.05) is 0 Å². The molecule has 1 unspecified atom stereocenters. The van der Waals surface area contributed by atoms with E-state index in [0.29, 0.717) is 0 Å². The van der Waals surface area contributed by atoms with Gasteiger partial charge in [0.1, 0.15) is 12.7 Å². The van der Waals surface area contributed by atoms with Crippen molar-refractivity contribution in [1.29, 1.82) is 0 Å². The average Bonchev–Trinajstić information content (AvgIpc) is 2.48. The molecule has 0 aliphatic carbocycles. The maximum absolute atomic E-state index is 11.5. The van der Waals surface area contributed by atoms with E-state index in [1.54, 1.807) is 0 Å². The minimum atomic E-state index is -5.16. The van der Waals surface area contributed by atoms with Crippen LogP contribution in [0.5, 0.6) is 0 Å². The Hall–Kier alpha value is -2.05. The van der Waals surface area contributed by atoms with Gasteiger partial charge in [-0.2, -0.15) is 0 Å². The Morgan fingerprint density at radius 1 is 0.821 bits per heavy atom. The molecule has 28 heavy (non-hydrogen) atoms. The fourth-order valence-electron chi connectivity index (χ4n) is 2.41. The molecule has 2 N–H and O–H groups in total. The Labute approximate surface area is 159 Å². The van der Waals surface area contributed by atoms with Crippen molar-refractivity contribution in [2.45, 2.75) is 58.4 Å². The van der Waals surface area contributed by atoms with Crippen LogP contribution in [-0.2, 0) is 52.0 Å². The van der Waals surface area contributed by atoms with Crippen LogP contribution in [0.4, 0.5) is 0 Å². The first-order chi connectivity index (χ1) is 12.8. The third-order valence-corrected chi connectivity index (χ3v) is 3.67. The molecule has 1 heterocycles. The third kappa shape index (κ3) is 7.90. The van der Waals surface area contributed by atoms with E-state index >= 15 is 0 Å². The number of phosphoric ester groups is 1. The first-order valence-electron chi connectivity index (χ1n) is 7.84. The second-order valence-electron chi connectivity index (χ2n) is 5.66. The summed E-state index contributed by atoms with van der Waals surface area (Å²) in [7, 11) is -5.16. The smallest absolute Gasteiger partial charge is 0.463 e. The summed E-state index contributed by atoms with van der Waals surface area (Å²) in [6.07, 6.45) is -8.01.